The number of carbonyl (C=O) groups is 1. The Hall–Kier alpha value is -2.07. The number of nitro benzene ring substituents is 1. The molecule has 10 heteroatoms. The Balaban J connectivity index is 1.55. The van der Waals surface area contributed by atoms with E-state index in [4.69, 9.17) is 9.47 Å². The maximum Gasteiger partial charge on any atom is 0.363 e. The van der Waals surface area contributed by atoms with E-state index in [1.807, 2.05) is 37.3 Å². The summed E-state index contributed by atoms with van der Waals surface area (Å²) in [5.41, 5.74) is 3.57. The summed E-state index contributed by atoms with van der Waals surface area (Å²) in [6.45, 7) is 2.19. The SMILES string of the molecule is Cc1cc(C2=N/C(=C\c3cc(I)c(OCc4cccc([N+](=O)[O-])c4)c(I)c3)C(=O)O2)ccc1I. The second-order valence-electron chi connectivity index (χ2n) is 7.33. The van der Waals surface area contributed by atoms with Crippen LogP contribution in [0.4, 0.5) is 5.69 Å². The molecule has 0 radical (unpaired) electrons. The van der Waals surface area contributed by atoms with Crippen molar-refractivity contribution in [3.63, 3.8) is 0 Å². The minimum absolute atomic E-state index is 0.0243. The first-order chi connectivity index (χ1) is 16.2. The highest BCUT2D eigenvalue weighted by Crippen LogP contribution is 2.31. The summed E-state index contributed by atoms with van der Waals surface area (Å²) in [5, 5.41) is 11.0. The van der Waals surface area contributed by atoms with Gasteiger partial charge in [0.2, 0.25) is 5.90 Å². The van der Waals surface area contributed by atoms with Crippen molar-refractivity contribution in [2.45, 2.75) is 13.5 Å². The highest BCUT2D eigenvalue weighted by Gasteiger charge is 2.24. The molecule has 1 heterocycles. The molecule has 1 aliphatic heterocycles. The van der Waals surface area contributed by atoms with Crippen LogP contribution in [0.3, 0.4) is 0 Å². The monoisotopic (exact) mass is 792 g/mol. The van der Waals surface area contributed by atoms with Crippen LogP contribution in [0.15, 0.2) is 65.3 Å². The number of nitro groups is 1. The summed E-state index contributed by atoms with van der Waals surface area (Å²) in [4.78, 5) is 27.4. The Morgan fingerprint density at radius 1 is 1.06 bits per heavy atom. The van der Waals surface area contributed by atoms with Gasteiger partial charge in [0.15, 0.2) is 5.70 Å². The van der Waals surface area contributed by atoms with Gasteiger partial charge in [-0.2, -0.15) is 0 Å². The van der Waals surface area contributed by atoms with E-state index in [9.17, 15) is 14.9 Å². The minimum atomic E-state index is -0.498. The first kappa shape index (κ1) is 25.0. The third-order valence-electron chi connectivity index (χ3n) is 4.85. The highest BCUT2D eigenvalue weighted by molar-refractivity contribution is 14.1. The van der Waals surface area contributed by atoms with Crippen molar-refractivity contribution in [3.8, 4) is 5.75 Å². The van der Waals surface area contributed by atoms with Crippen molar-refractivity contribution >= 4 is 91.4 Å². The third kappa shape index (κ3) is 5.76. The summed E-state index contributed by atoms with van der Waals surface area (Å²) < 4.78 is 14.1. The number of nitrogens with zero attached hydrogens (tertiary/aromatic N) is 2. The van der Waals surface area contributed by atoms with Crippen LogP contribution >= 0.6 is 67.8 Å². The summed E-state index contributed by atoms with van der Waals surface area (Å²) >= 11 is 6.58. The number of hydrogen-bond acceptors (Lipinski definition) is 6. The number of aliphatic imine (C=N–C) groups is 1. The van der Waals surface area contributed by atoms with E-state index in [2.05, 4.69) is 72.8 Å². The normalized spacial score (nSPS) is 14.2. The maximum atomic E-state index is 12.4. The second-order valence-corrected chi connectivity index (χ2v) is 10.8. The van der Waals surface area contributed by atoms with Crippen LogP contribution in [0.2, 0.25) is 0 Å². The van der Waals surface area contributed by atoms with Gasteiger partial charge in [0.1, 0.15) is 12.4 Å². The van der Waals surface area contributed by atoms with Crippen LogP contribution in [0.25, 0.3) is 6.08 Å². The lowest BCUT2D eigenvalue weighted by Crippen LogP contribution is -2.05. The molecule has 0 fully saturated rings. The molecule has 0 atom stereocenters. The van der Waals surface area contributed by atoms with E-state index in [-0.39, 0.29) is 23.9 Å². The van der Waals surface area contributed by atoms with Crippen molar-refractivity contribution in [1.82, 2.24) is 0 Å². The molecule has 0 unspecified atom stereocenters. The highest BCUT2D eigenvalue weighted by atomic mass is 127. The largest absolute Gasteiger partial charge is 0.487 e. The average molecular weight is 792 g/mol. The van der Waals surface area contributed by atoms with Gasteiger partial charge in [-0.1, -0.05) is 12.1 Å². The van der Waals surface area contributed by atoms with Gasteiger partial charge in [0.05, 0.1) is 12.1 Å². The number of non-ortho nitro benzene ring substituents is 1. The zero-order chi connectivity index (χ0) is 24.4. The van der Waals surface area contributed by atoms with Crippen LogP contribution in [0.1, 0.15) is 22.3 Å². The maximum absolute atomic E-state index is 12.4. The summed E-state index contributed by atoms with van der Waals surface area (Å²) in [5.74, 6) is 0.460. The molecule has 0 spiro atoms. The molecule has 0 aromatic heterocycles. The van der Waals surface area contributed by atoms with Gasteiger partial charge < -0.3 is 9.47 Å². The number of hydrogen-bond donors (Lipinski definition) is 0. The lowest BCUT2D eigenvalue weighted by atomic mass is 10.1. The minimum Gasteiger partial charge on any atom is -0.487 e. The van der Waals surface area contributed by atoms with Gasteiger partial charge in [0.25, 0.3) is 5.69 Å². The predicted octanol–water partition coefficient (Wildman–Crippen LogP) is 6.64. The predicted molar refractivity (Wildman–Crippen MR) is 154 cm³/mol. The number of esters is 1. The summed E-state index contributed by atoms with van der Waals surface area (Å²) in [6.07, 6.45) is 1.68. The van der Waals surface area contributed by atoms with Gasteiger partial charge >= 0.3 is 5.97 Å². The number of cyclic esters (lactones) is 1. The van der Waals surface area contributed by atoms with Gasteiger partial charge in [-0.15, -0.1) is 0 Å². The molecule has 172 valence electrons. The molecule has 0 N–H and O–H groups in total. The zero-order valence-corrected chi connectivity index (χ0v) is 24.0. The fraction of sp³-hybridized carbons (Fsp3) is 0.0833. The Kier molecular flexibility index (Phi) is 7.87. The van der Waals surface area contributed by atoms with E-state index in [1.165, 1.54) is 12.1 Å². The number of benzene rings is 3. The number of rotatable bonds is 6. The molecule has 3 aromatic carbocycles. The molecule has 0 saturated carbocycles. The quantitative estimate of drug-likeness (QED) is 0.0919. The smallest absolute Gasteiger partial charge is 0.363 e. The van der Waals surface area contributed by atoms with Crippen LogP contribution in [0, 0.1) is 27.7 Å². The van der Waals surface area contributed by atoms with Crippen molar-refractivity contribution in [1.29, 1.82) is 0 Å². The standard InChI is InChI=1S/C24H15I3N2O5/c1-13-7-16(5-6-18(13)25)23-28-21(24(30)34-23)11-15-9-19(26)22(20(27)10-15)33-12-14-3-2-4-17(8-14)29(31)32/h2-11H,12H2,1H3/b21-11-. The van der Waals surface area contributed by atoms with Crippen LogP contribution in [-0.2, 0) is 16.1 Å². The molecule has 0 amide bonds. The number of halogens is 3. The average Bonchev–Trinajstić information content (AvgIpc) is 3.15. The first-order valence-electron chi connectivity index (χ1n) is 9.85. The summed E-state index contributed by atoms with van der Waals surface area (Å²) in [7, 11) is 0. The lowest BCUT2D eigenvalue weighted by Gasteiger charge is -2.11. The summed E-state index contributed by atoms with van der Waals surface area (Å²) in [6, 6.07) is 15.9. The van der Waals surface area contributed by atoms with E-state index < -0.39 is 10.9 Å². The van der Waals surface area contributed by atoms with Crippen LogP contribution < -0.4 is 4.74 Å². The van der Waals surface area contributed by atoms with Gasteiger partial charge in [0, 0.05) is 21.3 Å². The molecule has 7 nitrogen and oxygen atoms in total. The number of carbonyl (C=O) groups excluding carboxylic acids is 1. The Bertz CT molecular complexity index is 1360. The third-order valence-corrected chi connectivity index (χ3v) is 7.67. The topological polar surface area (TPSA) is 91.0 Å². The molecular weight excluding hydrogens is 777 g/mol. The van der Waals surface area contributed by atoms with E-state index >= 15 is 0 Å². The van der Waals surface area contributed by atoms with Crippen LogP contribution in [0.5, 0.6) is 5.75 Å². The van der Waals surface area contributed by atoms with Crippen molar-refractivity contribution < 1.29 is 19.2 Å². The second kappa shape index (κ2) is 10.7. The Morgan fingerprint density at radius 3 is 2.47 bits per heavy atom. The van der Waals surface area contributed by atoms with Crippen molar-refractivity contribution in [2.75, 3.05) is 0 Å². The lowest BCUT2D eigenvalue weighted by molar-refractivity contribution is -0.384. The Labute approximate surface area is 236 Å². The molecule has 0 aliphatic carbocycles. The molecule has 0 saturated heterocycles. The van der Waals surface area contributed by atoms with E-state index in [0.717, 1.165) is 27.4 Å². The molecule has 3 aromatic rings. The molecule has 4 rings (SSSR count). The zero-order valence-electron chi connectivity index (χ0n) is 17.6. The fourth-order valence-electron chi connectivity index (χ4n) is 3.18. The van der Waals surface area contributed by atoms with E-state index in [1.54, 1.807) is 18.2 Å². The van der Waals surface area contributed by atoms with Gasteiger partial charge in [-0.25, -0.2) is 9.79 Å². The van der Waals surface area contributed by atoms with Gasteiger partial charge in [-0.3, -0.25) is 10.1 Å². The van der Waals surface area contributed by atoms with Crippen molar-refractivity contribution in [2.24, 2.45) is 4.99 Å². The van der Waals surface area contributed by atoms with Gasteiger partial charge in [-0.05, 0) is 128 Å². The fourth-order valence-corrected chi connectivity index (χ4v) is 5.65. The number of aryl methyl sites for hydroxylation is 1. The van der Waals surface area contributed by atoms with E-state index in [0.29, 0.717) is 11.3 Å². The van der Waals surface area contributed by atoms with Crippen LogP contribution in [-0.4, -0.2) is 16.8 Å². The number of ether oxygens (including phenoxy) is 2. The molecule has 0 bridgehead atoms. The molecule has 1 aliphatic rings. The van der Waals surface area contributed by atoms with Crippen molar-refractivity contribution in [3.05, 3.63) is 103 Å². The molecular formula is C24H15I3N2O5. The Morgan fingerprint density at radius 2 is 1.79 bits per heavy atom. The molecule has 34 heavy (non-hydrogen) atoms. The first-order valence-corrected chi connectivity index (χ1v) is 13.1.